The van der Waals surface area contributed by atoms with Crippen LogP contribution < -0.4 is 14.8 Å². The number of carbonyl (C=O) groups is 1. The molecule has 0 aliphatic carbocycles. The van der Waals surface area contributed by atoms with Crippen LogP contribution in [0.3, 0.4) is 0 Å². The lowest BCUT2D eigenvalue weighted by Crippen LogP contribution is -2.28. The first-order chi connectivity index (χ1) is 11.5. The lowest BCUT2D eigenvalue weighted by atomic mass is 10.2. The molecule has 0 unspecified atom stereocenters. The smallest absolute Gasteiger partial charge is 0.251 e. The Labute approximate surface area is 141 Å². The van der Waals surface area contributed by atoms with Gasteiger partial charge in [0.1, 0.15) is 12.4 Å². The Morgan fingerprint density at radius 3 is 2.33 bits per heavy atom. The monoisotopic (exact) mass is 348 g/mol. The van der Waals surface area contributed by atoms with Gasteiger partial charge in [-0.15, -0.1) is 0 Å². The first-order valence-corrected chi connectivity index (χ1v) is 9.22. The van der Waals surface area contributed by atoms with E-state index in [0.717, 1.165) is 5.75 Å². The maximum Gasteiger partial charge on any atom is 0.251 e. The van der Waals surface area contributed by atoms with Crippen molar-refractivity contribution in [1.29, 1.82) is 0 Å². The highest BCUT2D eigenvalue weighted by Crippen LogP contribution is 2.11. The van der Waals surface area contributed by atoms with Crippen molar-refractivity contribution in [2.75, 3.05) is 23.6 Å². The largest absolute Gasteiger partial charge is 0.492 e. The van der Waals surface area contributed by atoms with E-state index in [1.165, 1.54) is 0 Å². The molecule has 0 spiro atoms. The predicted molar refractivity (Wildman–Crippen MR) is 93.8 cm³/mol. The number of amides is 1. The second-order valence-electron chi connectivity index (χ2n) is 5.00. The van der Waals surface area contributed by atoms with Gasteiger partial charge in [0.25, 0.3) is 5.91 Å². The molecule has 128 valence electrons. The summed E-state index contributed by atoms with van der Waals surface area (Å²) in [7, 11) is -3.32. The van der Waals surface area contributed by atoms with Crippen LogP contribution in [-0.4, -0.2) is 33.2 Å². The Bertz CT molecular complexity index is 759. The molecule has 2 N–H and O–H groups in total. The lowest BCUT2D eigenvalue weighted by Gasteiger charge is -2.09. The van der Waals surface area contributed by atoms with Crippen LogP contribution >= 0.6 is 0 Å². The topological polar surface area (TPSA) is 84.5 Å². The molecular formula is C17H20N2O4S. The molecule has 0 aliphatic heterocycles. The van der Waals surface area contributed by atoms with Crippen molar-refractivity contribution in [2.24, 2.45) is 0 Å². The number of rotatable bonds is 8. The zero-order chi connectivity index (χ0) is 17.4. The summed E-state index contributed by atoms with van der Waals surface area (Å²) in [6, 6.07) is 15.6. The predicted octanol–water partition coefficient (Wildman–Crippen LogP) is 2.26. The van der Waals surface area contributed by atoms with Crippen molar-refractivity contribution in [3.05, 3.63) is 60.2 Å². The van der Waals surface area contributed by atoms with Crippen LogP contribution in [0.15, 0.2) is 54.6 Å². The molecule has 2 aromatic carbocycles. The molecule has 24 heavy (non-hydrogen) atoms. The van der Waals surface area contributed by atoms with E-state index in [9.17, 15) is 13.2 Å². The van der Waals surface area contributed by atoms with Gasteiger partial charge < -0.3 is 10.1 Å². The van der Waals surface area contributed by atoms with Crippen molar-refractivity contribution < 1.29 is 17.9 Å². The number of nitrogens with one attached hydrogen (secondary N) is 2. The van der Waals surface area contributed by atoms with Gasteiger partial charge in [-0.05, 0) is 43.3 Å². The van der Waals surface area contributed by atoms with Gasteiger partial charge in [-0.25, -0.2) is 8.42 Å². The van der Waals surface area contributed by atoms with Crippen LogP contribution in [0.4, 0.5) is 5.69 Å². The standard InChI is InChI=1S/C17H20N2O4S/c1-2-24(21,22)19-15-10-8-14(9-11-15)17(20)18-12-13-23-16-6-4-3-5-7-16/h3-11,19H,2,12-13H2,1H3,(H,18,20). The van der Waals surface area contributed by atoms with Gasteiger partial charge in [0.15, 0.2) is 0 Å². The number of sulfonamides is 1. The molecule has 0 atom stereocenters. The third kappa shape index (κ3) is 5.58. The molecule has 0 radical (unpaired) electrons. The minimum absolute atomic E-state index is 0.00332. The van der Waals surface area contributed by atoms with E-state index in [1.54, 1.807) is 31.2 Å². The third-order valence-corrected chi connectivity index (χ3v) is 4.51. The summed E-state index contributed by atoms with van der Waals surface area (Å²) >= 11 is 0. The van der Waals surface area contributed by atoms with Gasteiger partial charge in [-0.1, -0.05) is 18.2 Å². The fourth-order valence-electron chi connectivity index (χ4n) is 1.89. The molecule has 0 saturated carbocycles. The van der Waals surface area contributed by atoms with Gasteiger partial charge in [0.2, 0.25) is 10.0 Å². The van der Waals surface area contributed by atoms with Crippen molar-refractivity contribution >= 4 is 21.6 Å². The van der Waals surface area contributed by atoms with Crippen molar-refractivity contribution in [1.82, 2.24) is 5.32 Å². The molecule has 1 amide bonds. The maximum absolute atomic E-state index is 12.0. The van der Waals surface area contributed by atoms with Gasteiger partial charge in [0.05, 0.1) is 12.3 Å². The second kappa shape index (κ2) is 8.35. The van der Waals surface area contributed by atoms with Gasteiger partial charge in [-0.3, -0.25) is 9.52 Å². The number of hydrogen-bond donors (Lipinski definition) is 2. The molecule has 0 saturated heterocycles. The Kier molecular flexibility index (Phi) is 6.20. The summed E-state index contributed by atoms with van der Waals surface area (Å²) < 4.78 is 30.9. The van der Waals surface area contributed by atoms with E-state index < -0.39 is 10.0 Å². The minimum atomic E-state index is -3.32. The Morgan fingerprint density at radius 1 is 1.04 bits per heavy atom. The maximum atomic E-state index is 12.0. The first kappa shape index (κ1) is 17.8. The number of carbonyl (C=O) groups excluding carboxylic acids is 1. The summed E-state index contributed by atoms with van der Waals surface area (Å²) in [4.78, 5) is 12.0. The highest BCUT2D eigenvalue weighted by atomic mass is 32.2. The average Bonchev–Trinajstić information content (AvgIpc) is 2.60. The van der Waals surface area contributed by atoms with Gasteiger partial charge >= 0.3 is 0 Å². The van der Waals surface area contributed by atoms with Crippen molar-refractivity contribution in [3.8, 4) is 5.75 Å². The Morgan fingerprint density at radius 2 is 1.71 bits per heavy atom. The highest BCUT2D eigenvalue weighted by molar-refractivity contribution is 7.92. The summed E-state index contributed by atoms with van der Waals surface area (Å²) in [5.41, 5.74) is 0.884. The molecule has 2 aromatic rings. The molecule has 0 fully saturated rings. The zero-order valence-electron chi connectivity index (χ0n) is 13.4. The average molecular weight is 348 g/mol. The van der Waals surface area contributed by atoms with E-state index in [1.807, 2.05) is 30.3 Å². The summed E-state index contributed by atoms with van der Waals surface area (Å²) in [5, 5.41) is 2.75. The Balaban J connectivity index is 1.80. The van der Waals surface area contributed by atoms with Crippen molar-refractivity contribution in [3.63, 3.8) is 0 Å². The highest BCUT2D eigenvalue weighted by Gasteiger charge is 2.08. The number of benzene rings is 2. The van der Waals surface area contributed by atoms with Crippen molar-refractivity contribution in [2.45, 2.75) is 6.92 Å². The number of para-hydroxylation sites is 1. The van der Waals surface area contributed by atoms with E-state index in [4.69, 9.17) is 4.74 Å². The van der Waals surface area contributed by atoms with Crippen LogP contribution in [0.5, 0.6) is 5.75 Å². The fourth-order valence-corrected chi connectivity index (χ4v) is 2.53. The first-order valence-electron chi connectivity index (χ1n) is 7.57. The Hall–Kier alpha value is -2.54. The second-order valence-corrected chi connectivity index (χ2v) is 7.01. The normalized spacial score (nSPS) is 10.9. The van der Waals surface area contributed by atoms with E-state index >= 15 is 0 Å². The third-order valence-electron chi connectivity index (χ3n) is 3.20. The molecule has 0 bridgehead atoms. The van der Waals surface area contributed by atoms with E-state index in [2.05, 4.69) is 10.0 Å². The van der Waals surface area contributed by atoms with Crippen LogP contribution in [0.1, 0.15) is 17.3 Å². The summed E-state index contributed by atoms with van der Waals surface area (Å²) in [6.07, 6.45) is 0. The van der Waals surface area contributed by atoms with Gasteiger partial charge in [-0.2, -0.15) is 0 Å². The molecule has 2 rings (SSSR count). The molecule has 7 heteroatoms. The van der Waals surface area contributed by atoms with Gasteiger partial charge in [0, 0.05) is 11.3 Å². The summed E-state index contributed by atoms with van der Waals surface area (Å²) in [6.45, 7) is 2.30. The lowest BCUT2D eigenvalue weighted by molar-refractivity contribution is 0.0947. The molecular weight excluding hydrogens is 328 g/mol. The zero-order valence-corrected chi connectivity index (χ0v) is 14.2. The number of ether oxygens (including phenoxy) is 1. The molecule has 0 aromatic heterocycles. The molecule has 6 nitrogen and oxygen atoms in total. The quantitative estimate of drug-likeness (QED) is 0.717. The van der Waals surface area contributed by atoms with Crippen LogP contribution in [0.2, 0.25) is 0 Å². The van der Waals surface area contributed by atoms with Crippen LogP contribution in [-0.2, 0) is 10.0 Å². The number of hydrogen-bond acceptors (Lipinski definition) is 4. The fraction of sp³-hybridized carbons (Fsp3) is 0.235. The number of anilines is 1. The SMILES string of the molecule is CCS(=O)(=O)Nc1ccc(C(=O)NCCOc2ccccc2)cc1. The van der Waals surface area contributed by atoms with E-state index in [-0.39, 0.29) is 11.7 Å². The summed E-state index contributed by atoms with van der Waals surface area (Å²) in [5.74, 6) is 0.507. The van der Waals surface area contributed by atoms with Crippen LogP contribution in [0.25, 0.3) is 0 Å². The minimum Gasteiger partial charge on any atom is -0.492 e. The molecule has 0 heterocycles. The van der Waals surface area contributed by atoms with E-state index in [0.29, 0.717) is 24.4 Å². The molecule has 0 aliphatic rings. The van der Waals surface area contributed by atoms with Crippen LogP contribution in [0, 0.1) is 0 Å².